The third-order valence-corrected chi connectivity index (χ3v) is 4.97. The molecular weight excluding hydrogens is 492 g/mol. The van der Waals surface area contributed by atoms with Crippen LogP contribution in [0.2, 0.25) is 0 Å². The summed E-state index contributed by atoms with van der Waals surface area (Å²) in [6.07, 6.45) is 0. The molecule has 1 rings (SSSR count). The van der Waals surface area contributed by atoms with Crippen molar-refractivity contribution in [2.45, 2.75) is 34.6 Å². The van der Waals surface area contributed by atoms with Crippen LogP contribution in [0, 0.1) is 34.6 Å². The first-order chi connectivity index (χ1) is 7.79. The molecule has 1 aromatic carbocycles. The van der Waals surface area contributed by atoms with Crippen LogP contribution < -0.4 is 5.30 Å². The van der Waals surface area contributed by atoms with Crippen LogP contribution in [0.5, 0.6) is 0 Å². The van der Waals surface area contributed by atoms with Gasteiger partial charge in [-0.05, 0) is 81.1 Å². The van der Waals surface area contributed by atoms with Gasteiger partial charge in [0.1, 0.15) is 0 Å². The second kappa shape index (κ2) is 8.78. The first-order valence-electron chi connectivity index (χ1n) is 5.46. The molecule has 0 aromatic heterocycles. The molecular formula is C13H21I2PV. The van der Waals surface area contributed by atoms with E-state index in [9.17, 15) is 0 Å². The Hall–Kier alpha value is 1.69. The molecule has 0 N–H and O–H groups in total. The Morgan fingerprint density at radius 3 is 1.18 bits per heavy atom. The van der Waals surface area contributed by atoms with Gasteiger partial charge in [-0.15, -0.1) is 0 Å². The summed E-state index contributed by atoms with van der Waals surface area (Å²) in [6, 6.07) is 0. The maximum absolute atomic E-state index is 2.37. The van der Waals surface area contributed by atoms with Gasteiger partial charge in [0.25, 0.3) is 0 Å². The van der Waals surface area contributed by atoms with Gasteiger partial charge in [-0.3, -0.25) is 0 Å². The molecule has 0 aliphatic carbocycles. The Balaban J connectivity index is 0.000000770. The zero-order chi connectivity index (χ0) is 13.7. The fourth-order valence-electron chi connectivity index (χ4n) is 2.15. The molecule has 0 atom stereocenters. The fourth-order valence-corrected chi connectivity index (χ4v) is 3.83. The van der Waals surface area contributed by atoms with E-state index in [-0.39, 0.29) is 7.92 Å². The predicted octanol–water partition coefficient (Wildman–Crippen LogP) is 5.36. The van der Waals surface area contributed by atoms with Crippen LogP contribution in [-0.2, 0) is 9.47 Å². The third-order valence-electron chi connectivity index (χ3n) is 3.41. The van der Waals surface area contributed by atoms with Crippen molar-refractivity contribution in [3.63, 3.8) is 0 Å². The van der Waals surface area contributed by atoms with Crippen LogP contribution >= 0.6 is 47.9 Å². The molecule has 0 unspecified atom stereocenters. The van der Waals surface area contributed by atoms with E-state index < -0.39 is 0 Å². The van der Waals surface area contributed by atoms with Crippen molar-refractivity contribution in [3.8, 4) is 0 Å². The molecule has 4 heteroatoms. The van der Waals surface area contributed by atoms with Gasteiger partial charge in [0.2, 0.25) is 0 Å². The summed E-state index contributed by atoms with van der Waals surface area (Å²) in [7, 11) is 0.645. The van der Waals surface area contributed by atoms with Gasteiger partial charge in [-0.1, -0.05) is 7.92 Å². The molecule has 0 heterocycles. The van der Waals surface area contributed by atoms with Crippen molar-refractivity contribution in [2.75, 3.05) is 13.3 Å². The Kier molecular flexibility index (Phi) is 9.66. The zero-order valence-electron chi connectivity index (χ0n) is 11.7. The summed E-state index contributed by atoms with van der Waals surface area (Å²) in [4.78, 5) is 0. The second-order valence-corrected chi connectivity index (χ2v) is 18.5. The van der Waals surface area contributed by atoms with E-state index in [0.29, 0.717) is 9.47 Å². The van der Waals surface area contributed by atoms with Gasteiger partial charge in [0, 0.05) is 0 Å². The Labute approximate surface area is 137 Å². The summed E-state index contributed by atoms with van der Waals surface area (Å²) < 4.78 is 0. The molecule has 0 aliphatic heterocycles. The first-order valence-corrected chi connectivity index (χ1v) is 16.7. The van der Waals surface area contributed by atoms with Crippen molar-refractivity contribution in [2.24, 2.45) is 0 Å². The minimum atomic E-state index is 0.0180. The Morgan fingerprint density at radius 1 is 0.706 bits per heavy atom. The number of hydrogen-bond acceptors (Lipinski definition) is 0. The molecule has 0 aliphatic rings. The van der Waals surface area contributed by atoms with Crippen molar-refractivity contribution in [3.05, 3.63) is 27.8 Å². The summed E-state index contributed by atoms with van der Waals surface area (Å²) in [6.45, 7) is 16.0. The van der Waals surface area contributed by atoms with Gasteiger partial charge in [0.05, 0.1) is 0 Å². The van der Waals surface area contributed by atoms with Crippen LogP contribution in [-0.4, -0.2) is 13.3 Å². The van der Waals surface area contributed by atoms with E-state index >= 15 is 0 Å². The molecule has 0 saturated heterocycles. The Morgan fingerprint density at radius 2 is 0.941 bits per heavy atom. The average Bonchev–Trinajstić information content (AvgIpc) is 2.24. The normalized spacial score (nSPS) is 10.0. The summed E-state index contributed by atoms with van der Waals surface area (Å²) >= 11 is 4.74. The molecule has 0 nitrogen and oxygen atoms in total. The quantitative estimate of drug-likeness (QED) is 0.351. The van der Waals surface area contributed by atoms with Gasteiger partial charge < -0.3 is 0 Å². The summed E-state index contributed by atoms with van der Waals surface area (Å²) in [5.41, 5.74) is 7.47. The van der Waals surface area contributed by atoms with Crippen molar-refractivity contribution >= 4 is 53.2 Å². The molecule has 1 aromatic rings. The van der Waals surface area contributed by atoms with Crippen LogP contribution in [0.3, 0.4) is 0 Å². The van der Waals surface area contributed by atoms with Crippen LogP contribution in [0.15, 0.2) is 0 Å². The molecule has 0 spiro atoms. The van der Waals surface area contributed by atoms with Crippen molar-refractivity contribution in [1.82, 2.24) is 0 Å². The molecule has 0 amide bonds. The van der Waals surface area contributed by atoms with Crippen LogP contribution in [0.1, 0.15) is 27.8 Å². The van der Waals surface area contributed by atoms with Gasteiger partial charge in [-0.2, -0.15) is 0 Å². The number of hydrogen-bond donors (Lipinski definition) is 0. The number of halogens is 2. The number of rotatable bonds is 1. The molecule has 0 radical (unpaired) electrons. The van der Waals surface area contributed by atoms with Crippen molar-refractivity contribution in [1.29, 1.82) is 0 Å². The molecule has 17 heavy (non-hydrogen) atoms. The molecule has 0 saturated carbocycles. The minimum absolute atomic E-state index is 0.0180. The van der Waals surface area contributed by atoms with E-state index in [0.717, 1.165) is 0 Å². The predicted molar refractivity (Wildman–Crippen MR) is 96.6 cm³/mol. The van der Waals surface area contributed by atoms with E-state index in [1.165, 1.54) is 27.8 Å². The van der Waals surface area contributed by atoms with Crippen LogP contribution in [0.25, 0.3) is 0 Å². The fraction of sp³-hybridized carbons (Fsp3) is 0.538. The van der Waals surface area contributed by atoms with Crippen LogP contribution in [0.4, 0.5) is 0 Å². The van der Waals surface area contributed by atoms with E-state index in [1.807, 2.05) is 0 Å². The topological polar surface area (TPSA) is 0 Å². The summed E-state index contributed by atoms with van der Waals surface area (Å²) in [5, 5.41) is 1.61. The Bertz CT molecular complexity index is 360. The first kappa shape index (κ1) is 18.7. The number of benzene rings is 1. The van der Waals surface area contributed by atoms with Crippen molar-refractivity contribution < 1.29 is 9.47 Å². The molecule has 0 bridgehead atoms. The third kappa shape index (κ3) is 4.94. The monoisotopic (exact) mass is 513 g/mol. The second-order valence-electron chi connectivity index (χ2n) is 4.43. The van der Waals surface area contributed by atoms with Gasteiger partial charge in [0.15, 0.2) is 0 Å². The molecule has 97 valence electrons. The maximum atomic E-state index is 2.37. The van der Waals surface area contributed by atoms with E-state index in [1.54, 1.807) is 5.30 Å². The van der Waals surface area contributed by atoms with E-state index in [2.05, 4.69) is 87.9 Å². The van der Waals surface area contributed by atoms with Gasteiger partial charge >= 0.3 is 49.4 Å². The average molecular weight is 513 g/mol. The van der Waals surface area contributed by atoms with Gasteiger partial charge in [-0.25, -0.2) is 0 Å². The SMILES string of the molecule is Cc1c(C)c(C)c(P(C)C)c(C)c1C.[I][V][I]. The zero-order valence-corrected chi connectivity index (χ0v) is 18.3. The van der Waals surface area contributed by atoms with E-state index in [4.69, 9.17) is 0 Å². The summed E-state index contributed by atoms with van der Waals surface area (Å²) in [5.74, 6) is 0. The molecule has 0 fully saturated rings. The standard InChI is InChI=1S/C13H21P.2HI.V/c1-8-9(2)11(4)13(14(6)7)12(5)10(8)3;;;/h1-7H3;2*1H;/q;;;+2/p-2.